The van der Waals surface area contributed by atoms with Crippen molar-refractivity contribution in [1.82, 2.24) is 14.2 Å². The molecule has 0 unspecified atom stereocenters. The number of amides is 1. The predicted octanol–water partition coefficient (Wildman–Crippen LogP) is 3.16. The van der Waals surface area contributed by atoms with E-state index in [0.29, 0.717) is 31.7 Å². The Morgan fingerprint density at radius 1 is 1.03 bits per heavy atom. The SMILES string of the molecule is Cc1cc2ccccc2n1CCNC(=O)c1ccc(S(=O)(=O)N2CCCC2)cc1. The highest BCUT2D eigenvalue weighted by molar-refractivity contribution is 7.89. The van der Waals surface area contributed by atoms with Gasteiger partial charge in [0.25, 0.3) is 5.91 Å². The van der Waals surface area contributed by atoms with Crippen molar-refractivity contribution in [3.05, 3.63) is 65.9 Å². The lowest BCUT2D eigenvalue weighted by Crippen LogP contribution is -2.28. The minimum atomic E-state index is -3.46. The van der Waals surface area contributed by atoms with Gasteiger partial charge in [-0.25, -0.2) is 8.42 Å². The number of para-hydroxylation sites is 1. The van der Waals surface area contributed by atoms with Crippen LogP contribution in [0.5, 0.6) is 0 Å². The molecule has 0 aliphatic carbocycles. The molecule has 1 N–H and O–H groups in total. The van der Waals surface area contributed by atoms with Crippen LogP contribution in [-0.4, -0.2) is 42.8 Å². The van der Waals surface area contributed by atoms with Crippen LogP contribution in [0.15, 0.2) is 59.5 Å². The standard InChI is InChI=1S/C22H25N3O3S/c1-17-16-19-6-2-3-7-21(19)25(17)15-12-23-22(26)18-8-10-20(11-9-18)29(27,28)24-13-4-5-14-24/h2-3,6-11,16H,4-5,12-15H2,1H3,(H,23,26). The summed E-state index contributed by atoms with van der Waals surface area (Å²) >= 11 is 0. The molecule has 2 aromatic carbocycles. The third-order valence-electron chi connectivity index (χ3n) is 5.46. The Hall–Kier alpha value is -2.64. The molecule has 4 rings (SSSR count). The third kappa shape index (κ3) is 3.93. The molecule has 1 fully saturated rings. The van der Waals surface area contributed by atoms with Crippen LogP contribution in [0.1, 0.15) is 28.9 Å². The molecule has 152 valence electrons. The number of aromatic nitrogens is 1. The van der Waals surface area contributed by atoms with E-state index in [2.05, 4.69) is 35.0 Å². The molecule has 29 heavy (non-hydrogen) atoms. The number of nitrogens with one attached hydrogen (secondary N) is 1. The Kier molecular flexibility index (Phi) is 5.43. The fourth-order valence-corrected chi connectivity index (χ4v) is 5.40. The number of benzene rings is 2. The number of fused-ring (bicyclic) bond motifs is 1. The van der Waals surface area contributed by atoms with Gasteiger partial charge in [0, 0.05) is 43.0 Å². The molecule has 0 bridgehead atoms. The molecule has 1 aliphatic rings. The van der Waals surface area contributed by atoms with Crippen LogP contribution < -0.4 is 5.32 Å². The summed E-state index contributed by atoms with van der Waals surface area (Å²) < 4.78 is 28.8. The van der Waals surface area contributed by atoms with Gasteiger partial charge in [-0.15, -0.1) is 0 Å². The zero-order chi connectivity index (χ0) is 20.4. The van der Waals surface area contributed by atoms with Crippen LogP contribution >= 0.6 is 0 Å². The number of carbonyl (C=O) groups is 1. The molecule has 0 spiro atoms. The number of aryl methyl sites for hydroxylation is 1. The van der Waals surface area contributed by atoms with Crippen molar-refractivity contribution in [2.45, 2.75) is 31.2 Å². The Morgan fingerprint density at radius 3 is 2.45 bits per heavy atom. The van der Waals surface area contributed by atoms with Crippen LogP contribution in [0.2, 0.25) is 0 Å². The predicted molar refractivity (Wildman–Crippen MR) is 113 cm³/mol. The quantitative estimate of drug-likeness (QED) is 0.677. The fraction of sp³-hybridized carbons (Fsp3) is 0.318. The van der Waals surface area contributed by atoms with Gasteiger partial charge < -0.3 is 9.88 Å². The summed E-state index contributed by atoms with van der Waals surface area (Å²) in [5, 5.41) is 4.11. The lowest BCUT2D eigenvalue weighted by molar-refractivity contribution is 0.0952. The maximum absolute atomic E-state index is 12.6. The fourth-order valence-electron chi connectivity index (χ4n) is 3.88. The zero-order valence-electron chi connectivity index (χ0n) is 16.5. The van der Waals surface area contributed by atoms with E-state index < -0.39 is 10.0 Å². The normalized spacial score (nSPS) is 15.1. The van der Waals surface area contributed by atoms with E-state index in [1.165, 1.54) is 21.8 Å². The maximum atomic E-state index is 12.6. The molecule has 1 amide bonds. The van der Waals surface area contributed by atoms with Crippen molar-refractivity contribution in [3.8, 4) is 0 Å². The molecular formula is C22H25N3O3S. The molecule has 6 nitrogen and oxygen atoms in total. The topological polar surface area (TPSA) is 71.4 Å². The Labute approximate surface area is 171 Å². The summed E-state index contributed by atoms with van der Waals surface area (Å²) in [4.78, 5) is 12.7. The lowest BCUT2D eigenvalue weighted by atomic mass is 10.2. The van der Waals surface area contributed by atoms with Crippen LogP contribution in [-0.2, 0) is 16.6 Å². The van der Waals surface area contributed by atoms with Gasteiger partial charge in [-0.1, -0.05) is 18.2 Å². The number of rotatable bonds is 6. The zero-order valence-corrected chi connectivity index (χ0v) is 17.3. The minimum absolute atomic E-state index is 0.204. The van der Waals surface area contributed by atoms with Gasteiger partial charge in [0.15, 0.2) is 0 Å². The summed E-state index contributed by atoms with van der Waals surface area (Å²) in [6.45, 7) is 4.36. The van der Waals surface area contributed by atoms with Gasteiger partial charge in [0.2, 0.25) is 10.0 Å². The first kappa shape index (κ1) is 19.7. The van der Waals surface area contributed by atoms with E-state index in [4.69, 9.17) is 0 Å². The largest absolute Gasteiger partial charge is 0.350 e. The van der Waals surface area contributed by atoms with Gasteiger partial charge in [-0.05, 0) is 61.5 Å². The highest BCUT2D eigenvalue weighted by Gasteiger charge is 2.27. The Morgan fingerprint density at radius 2 is 1.72 bits per heavy atom. The summed E-state index contributed by atoms with van der Waals surface area (Å²) in [5.74, 6) is -0.204. The second-order valence-electron chi connectivity index (χ2n) is 7.39. The smallest absolute Gasteiger partial charge is 0.251 e. The number of sulfonamides is 1. The molecule has 2 heterocycles. The molecule has 0 saturated carbocycles. The van der Waals surface area contributed by atoms with Gasteiger partial charge in [-0.3, -0.25) is 4.79 Å². The summed E-state index contributed by atoms with van der Waals surface area (Å²) in [6, 6.07) is 16.5. The van der Waals surface area contributed by atoms with E-state index in [9.17, 15) is 13.2 Å². The van der Waals surface area contributed by atoms with Gasteiger partial charge in [0.1, 0.15) is 0 Å². The first-order valence-corrected chi connectivity index (χ1v) is 11.3. The van der Waals surface area contributed by atoms with Gasteiger partial charge in [0.05, 0.1) is 4.90 Å². The van der Waals surface area contributed by atoms with Gasteiger partial charge in [-0.2, -0.15) is 4.31 Å². The highest BCUT2D eigenvalue weighted by Crippen LogP contribution is 2.21. The Bertz CT molecular complexity index is 1130. The van der Waals surface area contributed by atoms with E-state index in [0.717, 1.165) is 24.1 Å². The number of nitrogens with zero attached hydrogens (tertiary/aromatic N) is 2. The van der Waals surface area contributed by atoms with Crippen LogP contribution in [0, 0.1) is 6.92 Å². The van der Waals surface area contributed by atoms with Crippen molar-refractivity contribution < 1.29 is 13.2 Å². The number of hydrogen-bond donors (Lipinski definition) is 1. The van der Waals surface area contributed by atoms with E-state index in [-0.39, 0.29) is 10.8 Å². The van der Waals surface area contributed by atoms with E-state index in [1.54, 1.807) is 12.1 Å². The van der Waals surface area contributed by atoms with Crippen molar-refractivity contribution >= 4 is 26.8 Å². The van der Waals surface area contributed by atoms with E-state index in [1.807, 2.05) is 12.1 Å². The van der Waals surface area contributed by atoms with Crippen molar-refractivity contribution in [2.24, 2.45) is 0 Å². The van der Waals surface area contributed by atoms with E-state index >= 15 is 0 Å². The molecular weight excluding hydrogens is 386 g/mol. The molecule has 1 saturated heterocycles. The van der Waals surface area contributed by atoms with Gasteiger partial charge >= 0.3 is 0 Å². The lowest BCUT2D eigenvalue weighted by Gasteiger charge is -2.15. The first-order valence-electron chi connectivity index (χ1n) is 9.90. The number of hydrogen-bond acceptors (Lipinski definition) is 3. The highest BCUT2D eigenvalue weighted by atomic mass is 32.2. The maximum Gasteiger partial charge on any atom is 0.251 e. The van der Waals surface area contributed by atoms with Crippen LogP contribution in [0.3, 0.4) is 0 Å². The van der Waals surface area contributed by atoms with Crippen LogP contribution in [0.25, 0.3) is 10.9 Å². The van der Waals surface area contributed by atoms with Crippen molar-refractivity contribution in [2.75, 3.05) is 19.6 Å². The molecule has 3 aromatic rings. The van der Waals surface area contributed by atoms with Crippen LogP contribution in [0.4, 0.5) is 0 Å². The molecule has 1 aromatic heterocycles. The minimum Gasteiger partial charge on any atom is -0.350 e. The molecule has 0 atom stereocenters. The average Bonchev–Trinajstić information content (AvgIpc) is 3.37. The third-order valence-corrected chi connectivity index (χ3v) is 7.37. The van der Waals surface area contributed by atoms with Crippen molar-refractivity contribution in [1.29, 1.82) is 0 Å². The summed E-state index contributed by atoms with van der Waals surface area (Å²) in [6.07, 6.45) is 1.80. The first-order chi connectivity index (χ1) is 14.0. The number of carbonyl (C=O) groups excluding carboxylic acids is 1. The monoisotopic (exact) mass is 411 g/mol. The molecule has 7 heteroatoms. The average molecular weight is 412 g/mol. The summed E-state index contributed by atoms with van der Waals surface area (Å²) in [7, 11) is -3.46. The second-order valence-corrected chi connectivity index (χ2v) is 9.33. The molecule has 1 aliphatic heterocycles. The second kappa shape index (κ2) is 8.00. The Balaban J connectivity index is 1.39. The van der Waals surface area contributed by atoms with Crippen molar-refractivity contribution in [3.63, 3.8) is 0 Å². The summed E-state index contributed by atoms with van der Waals surface area (Å²) in [5.41, 5.74) is 2.76. The molecule has 0 radical (unpaired) electrons.